The number of nitrogens with one attached hydrogen (secondary N) is 3. The molecule has 5 heteroatoms. The lowest BCUT2D eigenvalue weighted by Gasteiger charge is -2.13. The zero-order valence-corrected chi connectivity index (χ0v) is 15.2. The number of hydrogen-bond acceptors (Lipinski definition) is 4. The monoisotopic (exact) mass is 353 g/mol. The van der Waals surface area contributed by atoms with Crippen LogP contribution in [0.2, 0.25) is 0 Å². The molecular formula is C21H27N3O2. The molecule has 138 valence electrons. The quantitative estimate of drug-likeness (QED) is 0.678. The zero-order chi connectivity index (χ0) is 18.2. The van der Waals surface area contributed by atoms with Gasteiger partial charge in [0.15, 0.2) is 0 Å². The van der Waals surface area contributed by atoms with E-state index in [0.29, 0.717) is 12.6 Å². The van der Waals surface area contributed by atoms with Crippen LogP contribution in [0.15, 0.2) is 54.6 Å². The lowest BCUT2D eigenvalue weighted by Crippen LogP contribution is -2.41. The maximum absolute atomic E-state index is 12.3. The van der Waals surface area contributed by atoms with Crippen LogP contribution < -0.4 is 20.7 Å². The van der Waals surface area contributed by atoms with Gasteiger partial charge in [0, 0.05) is 25.7 Å². The molecule has 3 N–H and O–H groups in total. The number of carbonyl (C=O) groups excluding carboxylic acids is 1. The van der Waals surface area contributed by atoms with E-state index >= 15 is 0 Å². The summed E-state index contributed by atoms with van der Waals surface area (Å²) in [5.74, 6) is 0.957. The Hall–Kier alpha value is -2.37. The van der Waals surface area contributed by atoms with Crippen molar-refractivity contribution in [3.8, 4) is 5.75 Å². The largest absolute Gasteiger partial charge is 0.497 e. The average Bonchev–Trinajstić information content (AvgIpc) is 3.17. The Balaban J connectivity index is 1.36. The van der Waals surface area contributed by atoms with Gasteiger partial charge in [0.05, 0.1) is 13.2 Å². The first-order chi connectivity index (χ1) is 12.7. The summed E-state index contributed by atoms with van der Waals surface area (Å²) in [7, 11) is 1.67. The number of rotatable bonds is 8. The van der Waals surface area contributed by atoms with Crippen LogP contribution in [-0.2, 0) is 17.8 Å². The molecule has 1 saturated heterocycles. The van der Waals surface area contributed by atoms with Crippen molar-refractivity contribution in [1.82, 2.24) is 16.0 Å². The minimum Gasteiger partial charge on any atom is -0.497 e. The molecule has 0 bridgehead atoms. The van der Waals surface area contributed by atoms with E-state index in [1.807, 2.05) is 30.3 Å². The molecular weight excluding hydrogens is 326 g/mol. The molecule has 0 radical (unpaired) electrons. The van der Waals surface area contributed by atoms with Crippen molar-refractivity contribution < 1.29 is 9.53 Å². The van der Waals surface area contributed by atoms with Crippen LogP contribution in [0.5, 0.6) is 5.75 Å². The van der Waals surface area contributed by atoms with Crippen molar-refractivity contribution in [2.24, 2.45) is 0 Å². The van der Waals surface area contributed by atoms with E-state index in [-0.39, 0.29) is 11.9 Å². The Morgan fingerprint density at radius 2 is 1.88 bits per heavy atom. The molecule has 5 nitrogen and oxygen atoms in total. The van der Waals surface area contributed by atoms with Gasteiger partial charge in [0.2, 0.25) is 5.91 Å². The molecule has 1 heterocycles. The molecule has 1 aliphatic rings. The molecule has 0 spiro atoms. The van der Waals surface area contributed by atoms with E-state index in [9.17, 15) is 4.79 Å². The van der Waals surface area contributed by atoms with Crippen LogP contribution in [0.3, 0.4) is 0 Å². The minimum absolute atomic E-state index is 0.0923. The summed E-state index contributed by atoms with van der Waals surface area (Å²) in [6, 6.07) is 18.5. The second-order valence-electron chi connectivity index (χ2n) is 6.65. The van der Waals surface area contributed by atoms with Crippen LogP contribution in [0.25, 0.3) is 0 Å². The van der Waals surface area contributed by atoms with Crippen LogP contribution >= 0.6 is 0 Å². The van der Waals surface area contributed by atoms with Crippen molar-refractivity contribution in [3.05, 3.63) is 65.7 Å². The van der Waals surface area contributed by atoms with E-state index in [0.717, 1.165) is 31.7 Å². The molecule has 26 heavy (non-hydrogen) atoms. The van der Waals surface area contributed by atoms with Crippen molar-refractivity contribution in [2.75, 3.05) is 20.2 Å². The Morgan fingerprint density at radius 3 is 2.62 bits per heavy atom. The molecule has 2 aromatic rings. The van der Waals surface area contributed by atoms with Gasteiger partial charge in [0.25, 0.3) is 0 Å². The highest BCUT2D eigenvalue weighted by Gasteiger charge is 2.28. The third-order valence-corrected chi connectivity index (χ3v) is 4.76. The van der Waals surface area contributed by atoms with Crippen LogP contribution in [0, 0.1) is 0 Å². The van der Waals surface area contributed by atoms with Gasteiger partial charge < -0.3 is 20.7 Å². The van der Waals surface area contributed by atoms with Gasteiger partial charge in [-0.05, 0) is 36.1 Å². The molecule has 0 aromatic heterocycles. The van der Waals surface area contributed by atoms with Gasteiger partial charge in [-0.3, -0.25) is 4.79 Å². The maximum Gasteiger partial charge on any atom is 0.237 e. The lowest BCUT2D eigenvalue weighted by molar-refractivity contribution is -0.122. The maximum atomic E-state index is 12.3. The van der Waals surface area contributed by atoms with Gasteiger partial charge in [0.1, 0.15) is 5.75 Å². The summed E-state index contributed by atoms with van der Waals surface area (Å²) in [4.78, 5) is 12.3. The Bertz CT molecular complexity index is 688. The number of methoxy groups -OCH3 is 1. The summed E-state index contributed by atoms with van der Waals surface area (Å²) < 4.78 is 5.17. The molecule has 1 fully saturated rings. The fourth-order valence-electron chi connectivity index (χ4n) is 3.19. The van der Waals surface area contributed by atoms with Crippen LogP contribution in [-0.4, -0.2) is 38.2 Å². The molecule has 2 atom stereocenters. The highest BCUT2D eigenvalue weighted by atomic mass is 16.5. The van der Waals surface area contributed by atoms with Crippen molar-refractivity contribution >= 4 is 5.91 Å². The van der Waals surface area contributed by atoms with Gasteiger partial charge in [-0.1, -0.05) is 42.5 Å². The van der Waals surface area contributed by atoms with E-state index in [2.05, 4.69) is 40.2 Å². The fraction of sp³-hybridized carbons (Fsp3) is 0.381. The summed E-state index contributed by atoms with van der Waals surface area (Å²) in [6.07, 6.45) is 1.67. The molecule has 3 rings (SSSR count). The predicted molar refractivity (Wildman–Crippen MR) is 103 cm³/mol. The Morgan fingerprint density at radius 1 is 1.12 bits per heavy atom. The number of hydrogen-bond donors (Lipinski definition) is 3. The third kappa shape index (κ3) is 5.31. The minimum atomic E-state index is -0.112. The second-order valence-corrected chi connectivity index (χ2v) is 6.65. The van der Waals surface area contributed by atoms with Crippen molar-refractivity contribution in [1.29, 1.82) is 0 Å². The fourth-order valence-corrected chi connectivity index (χ4v) is 3.19. The van der Waals surface area contributed by atoms with E-state index < -0.39 is 0 Å². The Labute approximate surface area is 155 Å². The standard InChI is InChI=1S/C21H27N3O2/c1-26-19-9-7-17(8-10-19)14-23-18-13-20(24-15-18)21(25)22-12-11-16-5-3-2-4-6-16/h2-10,18,20,23-24H,11-15H2,1H3,(H,22,25)/t18-,20-/m0/s1. The molecule has 0 saturated carbocycles. The smallest absolute Gasteiger partial charge is 0.237 e. The summed E-state index contributed by atoms with van der Waals surface area (Å²) in [6.45, 7) is 2.27. The molecule has 1 aliphatic heterocycles. The highest BCUT2D eigenvalue weighted by molar-refractivity contribution is 5.82. The Kier molecular flexibility index (Phi) is 6.63. The number of ether oxygens (including phenoxy) is 1. The molecule has 1 amide bonds. The molecule has 2 aromatic carbocycles. The van der Waals surface area contributed by atoms with Crippen molar-refractivity contribution in [3.63, 3.8) is 0 Å². The zero-order valence-electron chi connectivity index (χ0n) is 15.2. The predicted octanol–water partition coefficient (Wildman–Crippen LogP) is 1.87. The average molecular weight is 353 g/mol. The summed E-state index contributed by atoms with van der Waals surface area (Å²) >= 11 is 0. The number of benzene rings is 2. The molecule has 0 unspecified atom stereocenters. The summed E-state index contributed by atoms with van der Waals surface area (Å²) in [5.41, 5.74) is 2.45. The lowest BCUT2D eigenvalue weighted by atomic mass is 10.1. The van der Waals surface area contributed by atoms with E-state index in [4.69, 9.17) is 4.74 Å². The first-order valence-electron chi connectivity index (χ1n) is 9.16. The van der Waals surface area contributed by atoms with E-state index in [1.54, 1.807) is 7.11 Å². The first kappa shape index (κ1) is 18.4. The SMILES string of the molecule is COc1ccc(CN[C@@H]2CN[C@H](C(=O)NCCc3ccccc3)C2)cc1. The van der Waals surface area contributed by atoms with Gasteiger partial charge in [-0.2, -0.15) is 0 Å². The van der Waals surface area contributed by atoms with Gasteiger partial charge >= 0.3 is 0 Å². The normalized spacial score (nSPS) is 19.3. The van der Waals surface area contributed by atoms with Crippen molar-refractivity contribution in [2.45, 2.75) is 31.5 Å². The van der Waals surface area contributed by atoms with Gasteiger partial charge in [-0.25, -0.2) is 0 Å². The van der Waals surface area contributed by atoms with Crippen LogP contribution in [0.4, 0.5) is 0 Å². The number of carbonyl (C=O) groups is 1. The van der Waals surface area contributed by atoms with Crippen LogP contribution in [0.1, 0.15) is 17.5 Å². The van der Waals surface area contributed by atoms with E-state index in [1.165, 1.54) is 11.1 Å². The topological polar surface area (TPSA) is 62.4 Å². The van der Waals surface area contributed by atoms with Gasteiger partial charge in [-0.15, -0.1) is 0 Å². The first-order valence-corrected chi connectivity index (χ1v) is 9.16. The number of amides is 1. The second kappa shape index (κ2) is 9.36. The third-order valence-electron chi connectivity index (χ3n) is 4.76. The summed E-state index contributed by atoms with van der Waals surface area (Å²) in [5, 5.41) is 9.87. The molecule has 0 aliphatic carbocycles. The highest BCUT2D eigenvalue weighted by Crippen LogP contribution is 2.12.